The molecule has 7 rings (SSSR count). The maximum Gasteiger partial charge on any atom is 0.303 e. The molecule has 4 amide bonds. The van der Waals surface area contributed by atoms with Crippen molar-refractivity contribution < 1.29 is 95.2 Å². The maximum atomic E-state index is 13.1. The Hall–Kier alpha value is -4.82. The zero-order valence-corrected chi connectivity index (χ0v) is 73.5. The number of esters is 4. The molecule has 12 unspecified atom stereocenters. The number of ether oxygens (including phenoxy) is 12. The van der Waals surface area contributed by atoms with Crippen LogP contribution in [-0.2, 0) is 95.2 Å². The summed E-state index contributed by atoms with van der Waals surface area (Å²) in [6, 6.07) is 0. The Labute approximate surface area is 691 Å². The predicted octanol–water partition coefficient (Wildman–Crippen LogP) is 14.9. The Bertz CT molecular complexity index is 2970. The van der Waals surface area contributed by atoms with Gasteiger partial charge in [0.1, 0.15) is 37.6 Å². The molecule has 2 saturated heterocycles. The van der Waals surface area contributed by atoms with Crippen molar-refractivity contribution in [1.82, 2.24) is 21.3 Å². The second kappa shape index (κ2) is 50.4. The molecule has 0 aromatic carbocycles. The van der Waals surface area contributed by atoms with Gasteiger partial charge < -0.3 is 78.1 Å². The van der Waals surface area contributed by atoms with E-state index in [4.69, 9.17) is 56.8 Å². The van der Waals surface area contributed by atoms with Gasteiger partial charge in [0, 0.05) is 135 Å². The number of nitrogens with one attached hydrogen (secondary N) is 4. The van der Waals surface area contributed by atoms with Gasteiger partial charge in [-0.3, -0.25) is 38.4 Å². The highest BCUT2D eigenvalue weighted by molar-refractivity contribution is 5.77. The van der Waals surface area contributed by atoms with Gasteiger partial charge in [0.25, 0.3) is 0 Å². The molecule has 21 atom stereocenters. The minimum absolute atomic E-state index is 0.0620. The zero-order valence-electron chi connectivity index (χ0n) is 73.5. The topological polar surface area (TPSA) is 295 Å². The molecule has 24 heteroatoms. The molecule has 0 radical (unpaired) electrons. The molecule has 0 aromatic rings. The molecule has 5 aliphatic carbocycles. The van der Waals surface area contributed by atoms with Gasteiger partial charge in [0.05, 0.1) is 38.1 Å². The van der Waals surface area contributed by atoms with Crippen LogP contribution in [0.5, 0.6) is 0 Å². The fraction of sp³-hybridized carbons (Fsp3) is 0.890. The van der Waals surface area contributed by atoms with Crippen molar-refractivity contribution in [3.05, 3.63) is 11.6 Å². The van der Waals surface area contributed by atoms with E-state index in [1.165, 1.54) is 130 Å². The first kappa shape index (κ1) is 97.3. The summed E-state index contributed by atoms with van der Waals surface area (Å²) in [7, 11) is 0. The number of hydrogen-bond donors (Lipinski definition) is 4. The van der Waals surface area contributed by atoms with Gasteiger partial charge >= 0.3 is 23.9 Å². The Kier molecular flexibility index (Phi) is 42.7. The maximum absolute atomic E-state index is 13.1. The second-order valence-corrected chi connectivity index (χ2v) is 36.6. The van der Waals surface area contributed by atoms with Crippen LogP contribution in [-0.4, -0.2) is 188 Å². The average molecular weight is 1630 g/mol. The quantitative estimate of drug-likeness (QED) is 0.0190. The summed E-state index contributed by atoms with van der Waals surface area (Å²) in [6.45, 7) is 32.4. The molecule has 7 aliphatic rings. The molecule has 2 aliphatic heterocycles. The predicted molar refractivity (Wildman–Crippen MR) is 440 cm³/mol. The molecule has 24 nitrogen and oxygen atoms in total. The van der Waals surface area contributed by atoms with Crippen LogP contribution in [0.4, 0.5) is 0 Å². The molecule has 0 aromatic heterocycles. The summed E-state index contributed by atoms with van der Waals surface area (Å²) < 4.78 is 72.2. The molecule has 4 saturated carbocycles. The summed E-state index contributed by atoms with van der Waals surface area (Å²) >= 11 is 0. The van der Waals surface area contributed by atoms with E-state index < -0.39 is 66.3 Å². The van der Waals surface area contributed by atoms with Crippen molar-refractivity contribution in [2.75, 3.05) is 85.6 Å². The number of carbonyl (C=O) groups excluding carboxylic acids is 8. The number of amides is 4. The second-order valence-electron chi connectivity index (χ2n) is 36.6. The molecule has 2 heterocycles. The SMILES string of the molecule is CC(=O)OCC1OC(OCCCCC(=O)NCCCNC(=O)CCOC[C@@]2(C)C(OCCCCCCCCCCO[C@@H]3C=C4CC[C@H]5[C@@H]6CC[C@H]([C@H](C)CCCC(C)C)[C@@]6(C)CC[C@@H]5[C@@]4(C)CC3)CCCC2OCCC(=O)NCCCNC(=O)CCCCOC2OC(COC(C)=O)C(OC(C)=O)C(C)C2C)C(C)C(C)C1OC(C)=O. The van der Waals surface area contributed by atoms with Gasteiger partial charge in [-0.05, 0) is 168 Å². The van der Waals surface area contributed by atoms with Crippen molar-refractivity contribution in [3.8, 4) is 0 Å². The van der Waals surface area contributed by atoms with E-state index in [-0.39, 0.29) is 105 Å². The van der Waals surface area contributed by atoms with Crippen LogP contribution in [0, 0.1) is 75.4 Å². The fourth-order valence-electron chi connectivity index (χ4n) is 20.4. The lowest BCUT2D eigenvalue weighted by Crippen LogP contribution is -2.53. The standard InChI is InChI=1S/C91H156N4O20/c1-61(2)31-27-32-62(3)74-39-40-75-73-38-37-71-57-72(41-45-89(71,12)76(73)42-46-90(74,75)13)105-51-23-19-17-15-16-18-20-24-52-106-79-33-28-34-80(107-56-44-84(103)95-50-30-48-93-82(101)36-22-26-54-109-88-66(7)64(5)86(113-70(11)99)78(115-88)59-111-68(9)97)91(79,14)60-104-55-43-83(102)94-49-29-47-92-81(100)35-21-25-53-108-87-65(6)63(4)85(112-69(10)98)77(114-87)58-110-67(8)96/h57,61-66,72-80,85-88H,15-56,58-60H2,1-14H3,(H,92,100)(H,93,101)(H,94,102)(H,95,103)/t62-,63?,64?,65?,66?,72+,73+,74-,75+,76+,77?,78?,79?,80?,85?,86?,87?,88?,89+,90-,91+/m1/s1. The summed E-state index contributed by atoms with van der Waals surface area (Å²) in [5.74, 6) is 2.53. The molecule has 6 fully saturated rings. The number of rotatable bonds is 53. The summed E-state index contributed by atoms with van der Waals surface area (Å²) in [4.78, 5) is 98.4. The highest BCUT2D eigenvalue weighted by Crippen LogP contribution is 2.68. The molecular weight excluding hydrogens is 1470 g/mol. The summed E-state index contributed by atoms with van der Waals surface area (Å²) in [5.41, 5.74) is 2.09. The lowest BCUT2D eigenvalue weighted by molar-refractivity contribution is -0.273. The number of carbonyl (C=O) groups is 8. The highest BCUT2D eigenvalue weighted by Gasteiger charge is 2.60. The van der Waals surface area contributed by atoms with Gasteiger partial charge in [-0.25, -0.2) is 0 Å². The van der Waals surface area contributed by atoms with Crippen molar-refractivity contribution in [2.24, 2.45) is 75.4 Å². The van der Waals surface area contributed by atoms with Crippen molar-refractivity contribution in [3.63, 3.8) is 0 Å². The number of allylic oxidation sites excluding steroid dienone is 1. The van der Waals surface area contributed by atoms with Gasteiger partial charge in [-0.1, -0.05) is 139 Å². The molecule has 4 N–H and O–H groups in total. The molecule has 660 valence electrons. The van der Waals surface area contributed by atoms with Crippen molar-refractivity contribution in [1.29, 1.82) is 0 Å². The van der Waals surface area contributed by atoms with Crippen LogP contribution in [0.1, 0.15) is 302 Å². The third-order valence-corrected chi connectivity index (χ3v) is 27.5. The number of fused-ring (bicyclic) bond motifs is 5. The third-order valence-electron chi connectivity index (χ3n) is 27.5. The lowest BCUT2D eigenvalue weighted by Gasteiger charge is -2.59. The van der Waals surface area contributed by atoms with E-state index in [1.54, 1.807) is 5.57 Å². The third kappa shape index (κ3) is 31.3. The summed E-state index contributed by atoms with van der Waals surface area (Å²) in [5, 5.41) is 11.8. The summed E-state index contributed by atoms with van der Waals surface area (Å²) in [6.07, 6.45) is 30.2. The van der Waals surface area contributed by atoms with Gasteiger partial charge in [-0.15, -0.1) is 0 Å². The van der Waals surface area contributed by atoms with Crippen molar-refractivity contribution in [2.45, 2.75) is 358 Å². The Morgan fingerprint density at radius 2 is 0.930 bits per heavy atom. The van der Waals surface area contributed by atoms with Gasteiger partial charge in [-0.2, -0.15) is 0 Å². The number of unbranched alkanes of at least 4 members (excludes halogenated alkanes) is 9. The van der Waals surface area contributed by atoms with E-state index >= 15 is 0 Å². The minimum atomic E-state index is -0.668. The van der Waals surface area contributed by atoms with E-state index in [1.807, 2.05) is 27.7 Å². The monoisotopic (exact) mass is 1630 g/mol. The molecule has 115 heavy (non-hydrogen) atoms. The average Bonchev–Trinajstić information content (AvgIpc) is 1.62. The fourth-order valence-corrected chi connectivity index (χ4v) is 20.4. The van der Waals surface area contributed by atoms with E-state index in [2.05, 4.69) is 68.9 Å². The molecule has 0 spiro atoms. The first-order valence-electron chi connectivity index (χ1n) is 45.4. The van der Waals surface area contributed by atoms with Crippen LogP contribution in [0.15, 0.2) is 11.6 Å². The molecular formula is C91H156N4O20. The van der Waals surface area contributed by atoms with Crippen LogP contribution >= 0.6 is 0 Å². The first-order valence-corrected chi connectivity index (χ1v) is 45.4. The minimum Gasteiger partial charge on any atom is -0.463 e. The Morgan fingerprint density at radius 1 is 0.461 bits per heavy atom. The highest BCUT2D eigenvalue weighted by atomic mass is 16.7. The first-order chi connectivity index (χ1) is 55.0. The zero-order chi connectivity index (χ0) is 83.5. The van der Waals surface area contributed by atoms with Crippen molar-refractivity contribution >= 4 is 47.5 Å². The van der Waals surface area contributed by atoms with Crippen LogP contribution in [0.2, 0.25) is 0 Å². The Morgan fingerprint density at radius 3 is 1.43 bits per heavy atom. The Balaban J connectivity index is 0.766. The molecule has 0 bridgehead atoms. The van der Waals surface area contributed by atoms with Gasteiger partial charge in [0.15, 0.2) is 12.6 Å². The van der Waals surface area contributed by atoms with Crippen LogP contribution in [0.25, 0.3) is 0 Å². The van der Waals surface area contributed by atoms with E-state index in [0.717, 1.165) is 80.6 Å². The number of hydrogen-bond acceptors (Lipinski definition) is 20. The van der Waals surface area contributed by atoms with Crippen LogP contribution < -0.4 is 21.3 Å². The van der Waals surface area contributed by atoms with E-state index in [0.29, 0.717) is 115 Å². The van der Waals surface area contributed by atoms with Crippen LogP contribution in [0.3, 0.4) is 0 Å². The van der Waals surface area contributed by atoms with E-state index in [9.17, 15) is 38.4 Å². The lowest BCUT2D eigenvalue weighted by atomic mass is 9.46. The normalized spacial score (nSPS) is 31.3. The van der Waals surface area contributed by atoms with Gasteiger partial charge in [0.2, 0.25) is 23.6 Å². The smallest absolute Gasteiger partial charge is 0.303 e. The largest absolute Gasteiger partial charge is 0.463 e.